The van der Waals surface area contributed by atoms with E-state index in [2.05, 4.69) is 0 Å². The van der Waals surface area contributed by atoms with Crippen molar-refractivity contribution in [2.75, 3.05) is 6.61 Å². The summed E-state index contributed by atoms with van der Waals surface area (Å²) < 4.78 is 10.7. The Morgan fingerprint density at radius 1 is 1.09 bits per heavy atom. The highest BCUT2D eigenvalue weighted by atomic mass is 16.7. The lowest BCUT2D eigenvalue weighted by molar-refractivity contribution is -0.315. The highest BCUT2D eigenvalue weighted by Crippen LogP contribution is 2.27. The molecule has 0 radical (unpaired) electrons. The molecule has 6 N–H and O–H groups in total. The van der Waals surface area contributed by atoms with Gasteiger partial charge >= 0.3 is 0 Å². The Kier molecular flexibility index (Phi) is 5.93. The van der Waals surface area contributed by atoms with Gasteiger partial charge in [0.2, 0.25) is 0 Å². The Morgan fingerprint density at radius 3 is 2.26 bits per heavy atom. The molecule has 0 aromatic heterocycles. The molecular formula is C15H22O8. The van der Waals surface area contributed by atoms with E-state index in [4.69, 9.17) is 14.6 Å². The first kappa shape index (κ1) is 18.1. The van der Waals surface area contributed by atoms with Gasteiger partial charge in [0.05, 0.1) is 12.7 Å². The van der Waals surface area contributed by atoms with Gasteiger partial charge in [0.25, 0.3) is 0 Å². The van der Waals surface area contributed by atoms with Gasteiger partial charge in [-0.15, -0.1) is 0 Å². The summed E-state index contributed by atoms with van der Waals surface area (Å²) in [6.45, 7) is 0.985. The van der Waals surface area contributed by atoms with Crippen molar-refractivity contribution < 1.29 is 40.1 Å². The maximum absolute atomic E-state index is 10.2. The standard InChI is InChI=1S/C15H22O8/c1-7(11(18)8-2-4-9(17)5-3-8)22-15-14(21)13(20)12(19)10(6-16)23-15/h2-5,7,10-21H,6H2,1H3. The third-order valence-electron chi connectivity index (χ3n) is 3.88. The molecule has 8 heteroatoms. The Bertz CT molecular complexity index is 491. The van der Waals surface area contributed by atoms with Crippen molar-refractivity contribution in [3.63, 3.8) is 0 Å². The third-order valence-corrected chi connectivity index (χ3v) is 3.88. The topological polar surface area (TPSA) is 140 Å². The van der Waals surface area contributed by atoms with Gasteiger partial charge in [-0.05, 0) is 24.6 Å². The average Bonchev–Trinajstić information content (AvgIpc) is 2.55. The first-order chi connectivity index (χ1) is 10.8. The normalized spacial score (nSPS) is 34.1. The van der Waals surface area contributed by atoms with Crippen molar-refractivity contribution >= 4 is 0 Å². The van der Waals surface area contributed by atoms with E-state index < -0.39 is 49.5 Å². The van der Waals surface area contributed by atoms with E-state index in [9.17, 15) is 25.5 Å². The molecule has 7 atom stereocenters. The quantitative estimate of drug-likeness (QED) is 0.389. The number of phenolic OH excluding ortho intramolecular Hbond substituents is 1. The molecule has 23 heavy (non-hydrogen) atoms. The molecular weight excluding hydrogens is 308 g/mol. The van der Waals surface area contributed by atoms with E-state index >= 15 is 0 Å². The number of aliphatic hydroxyl groups excluding tert-OH is 5. The number of rotatable bonds is 5. The zero-order chi connectivity index (χ0) is 17.1. The van der Waals surface area contributed by atoms with Gasteiger partial charge in [-0.2, -0.15) is 0 Å². The Balaban J connectivity index is 2.03. The number of aromatic hydroxyl groups is 1. The number of phenols is 1. The molecule has 1 heterocycles. The summed E-state index contributed by atoms with van der Waals surface area (Å²) in [6, 6.07) is 5.87. The number of benzene rings is 1. The summed E-state index contributed by atoms with van der Waals surface area (Å²) in [4.78, 5) is 0. The zero-order valence-electron chi connectivity index (χ0n) is 12.6. The second kappa shape index (κ2) is 7.54. The van der Waals surface area contributed by atoms with Crippen molar-refractivity contribution in [2.45, 2.75) is 49.8 Å². The van der Waals surface area contributed by atoms with Crippen LogP contribution in [0.3, 0.4) is 0 Å². The smallest absolute Gasteiger partial charge is 0.187 e. The van der Waals surface area contributed by atoms with Gasteiger partial charge in [-0.1, -0.05) is 12.1 Å². The summed E-state index contributed by atoms with van der Waals surface area (Å²) in [5.74, 6) is 0.0588. The van der Waals surface area contributed by atoms with Crippen LogP contribution in [-0.4, -0.2) is 74.1 Å². The van der Waals surface area contributed by atoms with Gasteiger partial charge in [-0.25, -0.2) is 0 Å². The minimum absolute atomic E-state index is 0.0588. The van der Waals surface area contributed by atoms with Crippen molar-refractivity contribution in [1.29, 1.82) is 0 Å². The molecule has 130 valence electrons. The third kappa shape index (κ3) is 3.99. The fourth-order valence-corrected chi connectivity index (χ4v) is 2.41. The molecule has 1 saturated heterocycles. The van der Waals surface area contributed by atoms with Crippen LogP contribution in [0.4, 0.5) is 0 Å². The summed E-state index contributed by atoms with van der Waals surface area (Å²) in [5, 5.41) is 57.9. The van der Waals surface area contributed by atoms with Crippen LogP contribution in [0.15, 0.2) is 24.3 Å². The zero-order valence-corrected chi connectivity index (χ0v) is 12.6. The van der Waals surface area contributed by atoms with Crippen LogP contribution in [-0.2, 0) is 9.47 Å². The van der Waals surface area contributed by atoms with Gasteiger partial charge < -0.3 is 40.1 Å². The van der Waals surface area contributed by atoms with Gasteiger partial charge in [-0.3, -0.25) is 0 Å². The summed E-state index contributed by atoms with van der Waals surface area (Å²) >= 11 is 0. The van der Waals surface area contributed by atoms with Gasteiger partial charge in [0, 0.05) is 0 Å². The molecule has 0 saturated carbocycles. The lowest BCUT2D eigenvalue weighted by atomic mass is 9.99. The number of ether oxygens (including phenoxy) is 2. The molecule has 0 aliphatic carbocycles. The Labute approximate surface area is 133 Å². The second-order valence-corrected chi connectivity index (χ2v) is 5.57. The Morgan fingerprint density at radius 2 is 1.70 bits per heavy atom. The lowest BCUT2D eigenvalue weighted by Crippen LogP contribution is -2.59. The molecule has 7 unspecified atom stereocenters. The molecule has 0 bridgehead atoms. The maximum atomic E-state index is 10.2. The lowest BCUT2D eigenvalue weighted by Gasteiger charge is -2.41. The summed E-state index contributed by atoms with van der Waals surface area (Å²) in [7, 11) is 0. The highest BCUT2D eigenvalue weighted by Gasteiger charge is 2.44. The highest BCUT2D eigenvalue weighted by molar-refractivity contribution is 5.27. The van der Waals surface area contributed by atoms with Crippen molar-refractivity contribution in [2.24, 2.45) is 0 Å². The fraction of sp³-hybridized carbons (Fsp3) is 0.600. The summed E-state index contributed by atoms with van der Waals surface area (Å²) in [5.41, 5.74) is 0.486. The molecule has 0 amide bonds. The molecule has 1 aliphatic heterocycles. The molecule has 1 aromatic carbocycles. The minimum atomic E-state index is -1.54. The van der Waals surface area contributed by atoms with Crippen molar-refractivity contribution in [3.8, 4) is 5.75 Å². The molecule has 2 rings (SSSR count). The van der Waals surface area contributed by atoms with E-state index in [0.717, 1.165) is 0 Å². The first-order valence-corrected chi connectivity index (χ1v) is 7.28. The Hall–Kier alpha value is -1.26. The largest absolute Gasteiger partial charge is 0.508 e. The van der Waals surface area contributed by atoms with Crippen LogP contribution in [0.25, 0.3) is 0 Å². The average molecular weight is 330 g/mol. The maximum Gasteiger partial charge on any atom is 0.187 e. The summed E-state index contributed by atoms with van der Waals surface area (Å²) in [6.07, 6.45) is -8.80. The predicted molar refractivity (Wildman–Crippen MR) is 77.4 cm³/mol. The van der Waals surface area contributed by atoms with Crippen molar-refractivity contribution in [3.05, 3.63) is 29.8 Å². The first-order valence-electron chi connectivity index (χ1n) is 7.28. The van der Waals surface area contributed by atoms with Gasteiger partial charge in [0.15, 0.2) is 6.29 Å². The van der Waals surface area contributed by atoms with Crippen LogP contribution in [0, 0.1) is 0 Å². The number of aliphatic hydroxyl groups is 5. The predicted octanol–water partition coefficient (Wildman–Crippen LogP) is -1.37. The number of hydrogen-bond donors (Lipinski definition) is 6. The van der Waals surface area contributed by atoms with Crippen LogP contribution in [0.5, 0.6) is 5.75 Å². The van der Waals surface area contributed by atoms with E-state index in [0.29, 0.717) is 5.56 Å². The van der Waals surface area contributed by atoms with E-state index in [1.54, 1.807) is 6.92 Å². The van der Waals surface area contributed by atoms with Gasteiger partial charge in [0.1, 0.15) is 36.3 Å². The van der Waals surface area contributed by atoms with Crippen LogP contribution < -0.4 is 0 Å². The van der Waals surface area contributed by atoms with Crippen LogP contribution >= 0.6 is 0 Å². The van der Waals surface area contributed by atoms with Crippen molar-refractivity contribution in [1.82, 2.24) is 0 Å². The fourth-order valence-electron chi connectivity index (χ4n) is 2.41. The monoisotopic (exact) mass is 330 g/mol. The molecule has 0 spiro atoms. The molecule has 1 aromatic rings. The molecule has 8 nitrogen and oxygen atoms in total. The number of hydrogen-bond acceptors (Lipinski definition) is 8. The SMILES string of the molecule is CC(OC1OC(CO)C(O)C(O)C1O)C(O)c1ccc(O)cc1. The molecule has 1 aliphatic rings. The van der Waals surface area contributed by atoms with E-state index in [1.807, 2.05) is 0 Å². The second-order valence-electron chi connectivity index (χ2n) is 5.57. The van der Waals surface area contributed by atoms with E-state index in [1.165, 1.54) is 24.3 Å². The molecule has 1 fully saturated rings. The minimum Gasteiger partial charge on any atom is -0.508 e. The van der Waals surface area contributed by atoms with Crippen LogP contribution in [0.2, 0.25) is 0 Å². The van der Waals surface area contributed by atoms with Crippen LogP contribution in [0.1, 0.15) is 18.6 Å². The van der Waals surface area contributed by atoms with E-state index in [-0.39, 0.29) is 5.75 Å².